The lowest BCUT2D eigenvalue weighted by Crippen LogP contribution is -2.25. The molecule has 0 aliphatic heterocycles. The predicted molar refractivity (Wildman–Crippen MR) is 95.0 cm³/mol. The molecule has 0 unspecified atom stereocenters. The van der Waals surface area contributed by atoms with E-state index >= 15 is 0 Å². The largest absolute Gasteiger partial charge is 0.489 e. The SMILES string of the molecule is CO[C@H]1CC[C@@H](CS(=O)(=O)c2ccc(OC/C(=C/F)CN)cc2)CC1. The third kappa shape index (κ3) is 5.80. The second-order valence-corrected chi connectivity index (χ2v) is 8.43. The van der Waals surface area contributed by atoms with Crippen LogP contribution in [0.2, 0.25) is 0 Å². The first-order chi connectivity index (χ1) is 12.0. The molecule has 0 aromatic heterocycles. The van der Waals surface area contributed by atoms with E-state index in [4.69, 9.17) is 15.2 Å². The number of hydrogen-bond donors (Lipinski definition) is 1. The van der Waals surface area contributed by atoms with Crippen molar-refractivity contribution in [3.63, 3.8) is 0 Å². The lowest BCUT2D eigenvalue weighted by Gasteiger charge is -2.27. The van der Waals surface area contributed by atoms with E-state index in [1.54, 1.807) is 19.2 Å². The van der Waals surface area contributed by atoms with Gasteiger partial charge in [-0.05, 0) is 55.9 Å². The van der Waals surface area contributed by atoms with Gasteiger partial charge in [0, 0.05) is 19.2 Å². The molecule has 0 atom stereocenters. The number of hydrogen-bond acceptors (Lipinski definition) is 5. The van der Waals surface area contributed by atoms with Crippen LogP contribution in [0.1, 0.15) is 25.7 Å². The molecule has 2 N–H and O–H groups in total. The number of ether oxygens (including phenoxy) is 2. The maximum atomic E-state index is 12.6. The summed E-state index contributed by atoms with van der Waals surface area (Å²) in [4.78, 5) is 0.286. The Morgan fingerprint density at radius 1 is 1.24 bits per heavy atom. The molecule has 1 aromatic rings. The van der Waals surface area contributed by atoms with Gasteiger partial charge in [0.2, 0.25) is 0 Å². The van der Waals surface area contributed by atoms with Crippen molar-refractivity contribution < 1.29 is 22.3 Å². The number of methoxy groups -OCH3 is 1. The molecular formula is C18H26FNO4S. The summed E-state index contributed by atoms with van der Waals surface area (Å²) in [5, 5.41) is 0. The van der Waals surface area contributed by atoms with Crippen LogP contribution >= 0.6 is 0 Å². The molecular weight excluding hydrogens is 345 g/mol. The van der Waals surface area contributed by atoms with Crippen molar-refractivity contribution in [3.8, 4) is 5.75 Å². The summed E-state index contributed by atoms with van der Waals surface area (Å²) in [6, 6.07) is 6.24. The van der Waals surface area contributed by atoms with Gasteiger partial charge in [0.15, 0.2) is 9.84 Å². The lowest BCUT2D eigenvalue weighted by atomic mass is 9.89. The van der Waals surface area contributed by atoms with E-state index in [0.717, 1.165) is 25.7 Å². The van der Waals surface area contributed by atoms with Crippen LogP contribution in [0.3, 0.4) is 0 Å². The molecule has 0 saturated heterocycles. The van der Waals surface area contributed by atoms with Crippen LogP contribution in [0.15, 0.2) is 41.1 Å². The Morgan fingerprint density at radius 3 is 2.40 bits per heavy atom. The normalized spacial score (nSPS) is 22.0. The van der Waals surface area contributed by atoms with Crippen molar-refractivity contribution in [3.05, 3.63) is 36.2 Å². The average Bonchev–Trinajstić information content (AvgIpc) is 2.63. The minimum Gasteiger partial charge on any atom is -0.489 e. The number of rotatable bonds is 8. The smallest absolute Gasteiger partial charge is 0.178 e. The van der Waals surface area contributed by atoms with Crippen LogP contribution < -0.4 is 10.5 Å². The fraction of sp³-hybridized carbons (Fsp3) is 0.556. The molecule has 0 bridgehead atoms. The number of halogens is 1. The Morgan fingerprint density at radius 2 is 1.88 bits per heavy atom. The second-order valence-electron chi connectivity index (χ2n) is 6.39. The van der Waals surface area contributed by atoms with Crippen molar-refractivity contribution in [2.75, 3.05) is 26.0 Å². The summed E-state index contributed by atoms with van der Waals surface area (Å²) < 4.78 is 48.3. The first-order valence-corrected chi connectivity index (χ1v) is 10.1. The Hall–Kier alpha value is -1.44. The Kier molecular flexibility index (Phi) is 7.40. The van der Waals surface area contributed by atoms with E-state index in [9.17, 15) is 12.8 Å². The van der Waals surface area contributed by atoms with Crippen LogP contribution in [0.5, 0.6) is 5.75 Å². The molecule has 0 heterocycles. The van der Waals surface area contributed by atoms with Gasteiger partial charge in [-0.25, -0.2) is 12.8 Å². The van der Waals surface area contributed by atoms with E-state index in [0.29, 0.717) is 17.7 Å². The first kappa shape index (κ1) is 19.9. The minimum absolute atomic E-state index is 0.0435. The molecule has 7 heteroatoms. The fourth-order valence-electron chi connectivity index (χ4n) is 2.99. The van der Waals surface area contributed by atoms with Crippen LogP contribution in [-0.2, 0) is 14.6 Å². The van der Waals surface area contributed by atoms with Crippen LogP contribution in [-0.4, -0.2) is 40.5 Å². The van der Waals surface area contributed by atoms with Crippen molar-refractivity contribution in [2.24, 2.45) is 11.7 Å². The summed E-state index contributed by atoms with van der Waals surface area (Å²) in [6.07, 6.45) is 4.25. The highest BCUT2D eigenvalue weighted by Gasteiger charge is 2.26. The molecule has 1 saturated carbocycles. The molecule has 0 amide bonds. The van der Waals surface area contributed by atoms with Gasteiger partial charge in [-0.1, -0.05) is 0 Å². The highest BCUT2D eigenvalue weighted by molar-refractivity contribution is 7.91. The van der Waals surface area contributed by atoms with Gasteiger partial charge in [-0.15, -0.1) is 0 Å². The van der Waals surface area contributed by atoms with Gasteiger partial charge < -0.3 is 15.2 Å². The van der Waals surface area contributed by atoms with Gasteiger partial charge in [-0.3, -0.25) is 0 Å². The summed E-state index contributed by atoms with van der Waals surface area (Å²) in [6.45, 7) is 0.121. The first-order valence-electron chi connectivity index (χ1n) is 8.45. The topological polar surface area (TPSA) is 78.6 Å². The molecule has 0 spiro atoms. The fourth-order valence-corrected chi connectivity index (χ4v) is 4.69. The molecule has 0 radical (unpaired) electrons. The maximum absolute atomic E-state index is 12.6. The molecule has 5 nitrogen and oxygen atoms in total. The van der Waals surface area contributed by atoms with Crippen molar-refractivity contribution in [2.45, 2.75) is 36.7 Å². The Labute approximate surface area is 148 Å². The lowest BCUT2D eigenvalue weighted by molar-refractivity contribution is 0.0597. The standard InChI is InChI=1S/C18H26FNO4S/c1-23-16-4-2-14(3-5-16)13-25(21,22)18-8-6-17(7-9-18)24-12-15(10-19)11-20/h6-10,14,16H,2-5,11-13,20H2,1H3/b15-10+/t14-,16+. The van der Waals surface area contributed by atoms with E-state index in [-0.39, 0.29) is 35.8 Å². The number of nitrogens with two attached hydrogens (primary N) is 1. The number of sulfone groups is 1. The molecule has 2 rings (SSSR count). The zero-order chi connectivity index (χ0) is 18.3. The molecule has 1 aromatic carbocycles. The highest BCUT2D eigenvalue weighted by Crippen LogP contribution is 2.29. The van der Waals surface area contributed by atoms with E-state index in [1.165, 1.54) is 12.1 Å². The molecule has 1 aliphatic carbocycles. The van der Waals surface area contributed by atoms with Gasteiger partial charge in [0.25, 0.3) is 0 Å². The average molecular weight is 371 g/mol. The minimum atomic E-state index is -3.33. The third-order valence-corrected chi connectivity index (χ3v) is 6.51. The molecule has 1 aliphatic rings. The van der Waals surface area contributed by atoms with E-state index in [1.807, 2.05) is 0 Å². The maximum Gasteiger partial charge on any atom is 0.178 e. The van der Waals surface area contributed by atoms with Gasteiger partial charge in [0.05, 0.1) is 23.1 Å². The molecule has 25 heavy (non-hydrogen) atoms. The summed E-state index contributed by atoms with van der Waals surface area (Å²) in [7, 11) is -1.63. The highest BCUT2D eigenvalue weighted by atomic mass is 32.2. The van der Waals surface area contributed by atoms with Crippen LogP contribution in [0.4, 0.5) is 4.39 Å². The third-order valence-electron chi connectivity index (χ3n) is 4.61. The summed E-state index contributed by atoms with van der Waals surface area (Å²) in [5.74, 6) is 0.812. The zero-order valence-electron chi connectivity index (χ0n) is 14.5. The second kappa shape index (κ2) is 9.31. The Bertz CT molecular complexity index is 665. The van der Waals surface area contributed by atoms with Gasteiger partial charge in [0.1, 0.15) is 12.4 Å². The summed E-state index contributed by atoms with van der Waals surface area (Å²) >= 11 is 0. The van der Waals surface area contributed by atoms with Crippen molar-refractivity contribution in [1.82, 2.24) is 0 Å². The van der Waals surface area contributed by atoms with Crippen molar-refractivity contribution in [1.29, 1.82) is 0 Å². The predicted octanol–water partition coefficient (Wildman–Crippen LogP) is 2.86. The van der Waals surface area contributed by atoms with Gasteiger partial charge >= 0.3 is 0 Å². The number of benzene rings is 1. The quantitative estimate of drug-likeness (QED) is 0.760. The molecule has 140 valence electrons. The Balaban J connectivity index is 1.93. The van der Waals surface area contributed by atoms with Crippen LogP contribution in [0.25, 0.3) is 0 Å². The van der Waals surface area contributed by atoms with E-state index < -0.39 is 9.84 Å². The summed E-state index contributed by atoms with van der Waals surface area (Å²) in [5.41, 5.74) is 5.70. The molecule has 1 fully saturated rings. The van der Waals surface area contributed by atoms with Crippen molar-refractivity contribution >= 4 is 9.84 Å². The zero-order valence-corrected chi connectivity index (χ0v) is 15.3. The van der Waals surface area contributed by atoms with E-state index in [2.05, 4.69) is 0 Å². The monoisotopic (exact) mass is 371 g/mol. The van der Waals surface area contributed by atoms with Gasteiger partial charge in [-0.2, -0.15) is 0 Å². The van der Waals surface area contributed by atoms with Crippen LogP contribution in [0, 0.1) is 5.92 Å².